The Morgan fingerprint density at radius 2 is 2.30 bits per heavy atom. The number of rotatable bonds is 3. The number of fused-ring (bicyclic) bond motifs is 1. The molecule has 7 nitrogen and oxygen atoms in total. The average Bonchev–Trinajstić information content (AvgIpc) is 3.15. The second kappa shape index (κ2) is 5.75. The minimum absolute atomic E-state index is 0.0304. The normalized spacial score (nSPS) is 19.5. The highest BCUT2D eigenvalue weighted by molar-refractivity contribution is 5.48. The minimum Gasteiger partial charge on any atom is -0.368 e. The molecule has 0 aliphatic carbocycles. The summed E-state index contributed by atoms with van der Waals surface area (Å²) in [6, 6.07) is 4.15. The fourth-order valence-corrected chi connectivity index (χ4v) is 3.13. The molecular formula is C16H20N6O. The van der Waals surface area contributed by atoms with Crippen LogP contribution in [0.5, 0.6) is 0 Å². The van der Waals surface area contributed by atoms with Gasteiger partial charge in [0, 0.05) is 32.9 Å². The number of nitrogens with zero attached hydrogens (tertiary/aromatic N) is 6. The van der Waals surface area contributed by atoms with Gasteiger partial charge in [0.2, 0.25) is 0 Å². The van der Waals surface area contributed by atoms with Crippen LogP contribution in [0, 0.1) is 6.92 Å². The first-order valence-electron chi connectivity index (χ1n) is 7.82. The summed E-state index contributed by atoms with van der Waals surface area (Å²) in [6.07, 6.45) is 5.72. The predicted molar refractivity (Wildman–Crippen MR) is 84.9 cm³/mol. The number of hydrogen-bond donors (Lipinski definition) is 0. The predicted octanol–water partition coefficient (Wildman–Crippen LogP) is 1.34. The van der Waals surface area contributed by atoms with E-state index in [1.165, 1.54) is 11.3 Å². The van der Waals surface area contributed by atoms with E-state index in [1.807, 2.05) is 17.8 Å². The largest absolute Gasteiger partial charge is 0.368 e. The van der Waals surface area contributed by atoms with Crippen molar-refractivity contribution in [3.8, 4) is 0 Å². The van der Waals surface area contributed by atoms with Crippen LogP contribution in [0.25, 0.3) is 5.65 Å². The molecule has 1 saturated heterocycles. The molecule has 1 atom stereocenters. The topological polar surface area (TPSA) is 60.5 Å². The van der Waals surface area contributed by atoms with E-state index in [0.29, 0.717) is 6.61 Å². The first kappa shape index (κ1) is 14.3. The summed E-state index contributed by atoms with van der Waals surface area (Å²) in [7, 11) is 1.95. The summed E-state index contributed by atoms with van der Waals surface area (Å²) in [6.45, 7) is 5.36. The Morgan fingerprint density at radius 1 is 1.39 bits per heavy atom. The van der Waals surface area contributed by atoms with Crippen LogP contribution >= 0.6 is 0 Å². The third-order valence-electron chi connectivity index (χ3n) is 4.38. The molecule has 120 valence electrons. The first-order valence-corrected chi connectivity index (χ1v) is 7.82. The van der Waals surface area contributed by atoms with Crippen molar-refractivity contribution in [2.75, 3.05) is 19.7 Å². The Morgan fingerprint density at radius 3 is 3.13 bits per heavy atom. The van der Waals surface area contributed by atoms with Gasteiger partial charge in [0.1, 0.15) is 18.1 Å². The van der Waals surface area contributed by atoms with Crippen molar-refractivity contribution < 1.29 is 4.74 Å². The van der Waals surface area contributed by atoms with Gasteiger partial charge in [-0.15, -0.1) is 10.2 Å². The highest BCUT2D eigenvalue weighted by Gasteiger charge is 2.26. The van der Waals surface area contributed by atoms with E-state index in [2.05, 4.69) is 49.7 Å². The number of morpholine rings is 1. The monoisotopic (exact) mass is 312 g/mol. The molecule has 3 aromatic rings. The van der Waals surface area contributed by atoms with E-state index >= 15 is 0 Å². The van der Waals surface area contributed by atoms with Crippen LogP contribution < -0.4 is 0 Å². The zero-order valence-electron chi connectivity index (χ0n) is 13.4. The molecule has 0 unspecified atom stereocenters. The Balaban J connectivity index is 1.54. The Bertz CT molecular complexity index is 823. The molecule has 0 N–H and O–H groups in total. The van der Waals surface area contributed by atoms with Gasteiger partial charge in [-0.05, 0) is 18.6 Å². The van der Waals surface area contributed by atoms with Gasteiger partial charge in [-0.1, -0.05) is 6.07 Å². The quantitative estimate of drug-likeness (QED) is 0.730. The van der Waals surface area contributed by atoms with Crippen LogP contribution in [-0.2, 0) is 18.3 Å². The van der Waals surface area contributed by atoms with Gasteiger partial charge >= 0.3 is 0 Å². The molecule has 1 aliphatic heterocycles. The zero-order valence-corrected chi connectivity index (χ0v) is 13.4. The fraction of sp³-hybridized carbons (Fsp3) is 0.438. The number of imidazole rings is 1. The lowest BCUT2D eigenvalue weighted by atomic mass is 10.2. The van der Waals surface area contributed by atoms with E-state index in [1.54, 1.807) is 6.33 Å². The van der Waals surface area contributed by atoms with Crippen molar-refractivity contribution in [3.63, 3.8) is 0 Å². The molecule has 0 aromatic carbocycles. The summed E-state index contributed by atoms with van der Waals surface area (Å²) in [5.41, 5.74) is 3.42. The fourth-order valence-electron chi connectivity index (χ4n) is 3.13. The van der Waals surface area contributed by atoms with Crippen molar-refractivity contribution in [2.45, 2.75) is 19.6 Å². The van der Waals surface area contributed by atoms with Gasteiger partial charge < -0.3 is 13.7 Å². The highest BCUT2D eigenvalue weighted by atomic mass is 16.5. The number of ether oxygens (including phenoxy) is 1. The Kier molecular flexibility index (Phi) is 3.59. The van der Waals surface area contributed by atoms with Crippen LogP contribution in [0.2, 0.25) is 0 Å². The van der Waals surface area contributed by atoms with Crippen LogP contribution in [0.3, 0.4) is 0 Å². The third kappa shape index (κ3) is 2.62. The number of pyridine rings is 1. The van der Waals surface area contributed by atoms with Crippen LogP contribution in [0.1, 0.15) is 23.2 Å². The SMILES string of the molecule is Cc1cccn2c(CN3CCO[C@@H](c4nncn4C)C3)cnc12. The van der Waals surface area contributed by atoms with Crippen molar-refractivity contribution >= 4 is 5.65 Å². The van der Waals surface area contributed by atoms with Gasteiger partial charge in [-0.3, -0.25) is 4.90 Å². The molecule has 0 spiro atoms. The van der Waals surface area contributed by atoms with Crippen LogP contribution in [-0.4, -0.2) is 48.7 Å². The average molecular weight is 312 g/mol. The lowest BCUT2D eigenvalue weighted by Gasteiger charge is -2.32. The maximum absolute atomic E-state index is 5.87. The van der Waals surface area contributed by atoms with Crippen molar-refractivity contribution in [2.24, 2.45) is 7.05 Å². The first-order chi connectivity index (χ1) is 11.2. The Hall–Kier alpha value is -2.25. The maximum atomic E-state index is 5.87. The lowest BCUT2D eigenvalue weighted by Crippen LogP contribution is -2.38. The maximum Gasteiger partial charge on any atom is 0.163 e. The van der Waals surface area contributed by atoms with Gasteiger partial charge in [0.25, 0.3) is 0 Å². The standard InChI is InChI=1S/C16H20N6O/c1-12-4-3-5-22-13(8-17-15(12)22)9-21-6-7-23-14(10-21)16-19-18-11-20(16)2/h3-5,8,11,14H,6-7,9-10H2,1-2H3/t14-/m1/s1. The van der Waals surface area contributed by atoms with E-state index in [-0.39, 0.29) is 6.10 Å². The van der Waals surface area contributed by atoms with Gasteiger partial charge in [-0.2, -0.15) is 0 Å². The zero-order chi connectivity index (χ0) is 15.8. The summed E-state index contributed by atoms with van der Waals surface area (Å²) in [5, 5.41) is 8.12. The summed E-state index contributed by atoms with van der Waals surface area (Å²) < 4.78 is 9.96. The summed E-state index contributed by atoms with van der Waals surface area (Å²) >= 11 is 0. The summed E-state index contributed by atoms with van der Waals surface area (Å²) in [5.74, 6) is 0.878. The molecule has 0 radical (unpaired) electrons. The highest BCUT2D eigenvalue weighted by Crippen LogP contribution is 2.21. The molecule has 23 heavy (non-hydrogen) atoms. The molecule has 3 aromatic heterocycles. The van der Waals surface area contributed by atoms with Gasteiger partial charge in [-0.25, -0.2) is 4.98 Å². The molecule has 0 bridgehead atoms. The third-order valence-corrected chi connectivity index (χ3v) is 4.38. The molecule has 1 aliphatic rings. The summed E-state index contributed by atoms with van der Waals surface area (Å²) in [4.78, 5) is 6.93. The lowest BCUT2D eigenvalue weighted by molar-refractivity contribution is -0.0389. The second-order valence-corrected chi connectivity index (χ2v) is 6.03. The molecular weight excluding hydrogens is 292 g/mol. The second-order valence-electron chi connectivity index (χ2n) is 6.03. The smallest absolute Gasteiger partial charge is 0.163 e. The molecule has 1 fully saturated rings. The Labute approximate surface area is 134 Å². The minimum atomic E-state index is -0.0304. The molecule has 7 heteroatoms. The molecule has 0 amide bonds. The van der Waals surface area contributed by atoms with Crippen LogP contribution in [0.15, 0.2) is 30.9 Å². The van der Waals surface area contributed by atoms with Gasteiger partial charge in [0.05, 0.1) is 18.5 Å². The van der Waals surface area contributed by atoms with Crippen molar-refractivity contribution in [1.29, 1.82) is 0 Å². The number of aryl methyl sites for hydroxylation is 2. The van der Waals surface area contributed by atoms with E-state index < -0.39 is 0 Å². The van der Waals surface area contributed by atoms with E-state index in [4.69, 9.17) is 4.74 Å². The van der Waals surface area contributed by atoms with Crippen molar-refractivity contribution in [3.05, 3.63) is 47.9 Å². The number of aromatic nitrogens is 5. The van der Waals surface area contributed by atoms with Gasteiger partial charge in [0.15, 0.2) is 5.82 Å². The molecule has 4 heterocycles. The molecule has 0 saturated carbocycles. The van der Waals surface area contributed by atoms with Crippen molar-refractivity contribution in [1.82, 2.24) is 29.0 Å². The van der Waals surface area contributed by atoms with E-state index in [0.717, 1.165) is 31.1 Å². The molecule has 4 rings (SSSR count). The van der Waals surface area contributed by atoms with Crippen LogP contribution in [0.4, 0.5) is 0 Å². The van der Waals surface area contributed by atoms with E-state index in [9.17, 15) is 0 Å². The number of hydrogen-bond acceptors (Lipinski definition) is 5.